The van der Waals surface area contributed by atoms with E-state index >= 15 is 0 Å². The van der Waals surface area contributed by atoms with Gasteiger partial charge in [-0.15, -0.1) is 10.2 Å². The van der Waals surface area contributed by atoms with Crippen molar-refractivity contribution in [2.45, 2.75) is 40.3 Å². The Bertz CT molecular complexity index is 1250. The minimum absolute atomic E-state index is 0.0287. The van der Waals surface area contributed by atoms with E-state index in [4.69, 9.17) is 0 Å². The van der Waals surface area contributed by atoms with Gasteiger partial charge >= 0.3 is 5.69 Å². The normalized spacial score (nSPS) is 11.6. The van der Waals surface area contributed by atoms with Crippen LogP contribution in [0.1, 0.15) is 38.4 Å². The van der Waals surface area contributed by atoms with E-state index in [1.165, 1.54) is 0 Å². The third kappa shape index (κ3) is 4.61. The van der Waals surface area contributed by atoms with Crippen molar-refractivity contribution in [2.24, 2.45) is 5.92 Å². The molecule has 7 nitrogen and oxygen atoms in total. The molecule has 0 saturated carbocycles. The van der Waals surface area contributed by atoms with E-state index < -0.39 is 0 Å². The topological polar surface area (TPSA) is 81.4 Å². The zero-order valence-electron chi connectivity index (χ0n) is 18.7. The van der Waals surface area contributed by atoms with Crippen molar-refractivity contribution in [3.63, 3.8) is 0 Å². The first-order valence-electron chi connectivity index (χ1n) is 11.0. The Morgan fingerprint density at radius 2 is 1.81 bits per heavy atom. The second-order valence-corrected chi connectivity index (χ2v) is 8.26. The van der Waals surface area contributed by atoms with Crippen molar-refractivity contribution in [1.29, 1.82) is 0 Å². The molecule has 1 N–H and O–H groups in total. The smallest absolute Gasteiger partial charge is 0.298 e. The third-order valence-electron chi connectivity index (χ3n) is 5.28. The van der Waals surface area contributed by atoms with Crippen LogP contribution in [0.4, 0.5) is 0 Å². The molecule has 4 aromatic rings. The van der Waals surface area contributed by atoms with E-state index in [0.717, 1.165) is 34.4 Å². The summed E-state index contributed by atoms with van der Waals surface area (Å²) in [6, 6.07) is 16.3. The quantitative estimate of drug-likeness (QED) is 0.444. The summed E-state index contributed by atoms with van der Waals surface area (Å²) in [4.78, 5) is 13.0. The number of hydrogen-bond acceptors (Lipinski definition) is 4. The number of nitrogens with one attached hydrogen (secondary N) is 1. The van der Waals surface area contributed by atoms with E-state index in [1.807, 2.05) is 45.7 Å². The standard InChI is InChI=1S/C25H28N6O/c1-4-5-8-21-17-30(15-18(2)3)25(32)31(21)16-19-11-13-20(14-12-19)22-9-6-7-10-23(22)24-26-28-29-27-24/h5-14,17-18H,4,15-16H2,1-3H3,(H,26,27,28,29)/b8-5+. The highest BCUT2D eigenvalue weighted by atomic mass is 16.1. The lowest BCUT2D eigenvalue weighted by atomic mass is 9.98. The number of hydrogen-bond donors (Lipinski definition) is 1. The fourth-order valence-electron chi connectivity index (χ4n) is 3.78. The van der Waals surface area contributed by atoms with Gasteiger partial charge in [-0.1, -0.05) is 75.4 Å². The fourth-order valence-corrected chi connectivity index (χ4v) is 3.78. The Labute approximate surface area is 187 Å². The van der Waals surface area contributed by atoms with Crippen molar-refractivity contribution in [2.75, 3.05) is 0 Å². The molecule has 4 rings (SSSR count). The molecule has 0 aliphatic carbocycles. The number of benzene rings is 2. The molecule has 0 fully saturated rings. The van der Waals surface area contributed by atoms with Gasteiger partial charge in [0.25, 0.3) is 0 Å². The molecular weight excluding hydrogens is 400 g/mol. The number of tetrazole rings is 1. The maximum absolute atomic E-state index is 13.0. The van der Waals surface area contributed by atoms with Gasteiger partial charge in [0.15, 0.2) is 0 Å². The lowest BCUT2D eigenvalue weighted by molar-refractivity contribution is 0.504. The van der Waals surface area contributed by atoms with Crippen LogP contribution in [0, 0.1) is 5.92 Å². The first-order chi connectivity index (χ1) is 15.6. The SMILES string of the molecule is CC/C=C/c1cn(CC(C)C)c(=O)n1Cc1ccc(-c2ccccc2-c2nn[nH]n2)cc1. The summed E-state index contributed by atoms with van der Waals surface area (Å²) in [5.74, 6) is 0.972. The predicted octanol–water partition coefficient (Wildman–Crippen LogP) is 4.62. The van der Waals surface area contributed by atoms with Crippen molar-refractivity contribution < 1.29 is 0 Å². The summed E-state index contributed by atoms with van der Waals surface area (Å²) in [5.41, 5.74) is 5.05. The maximum Gasteiger partial charge on any atom is 0.328 e. The molecule has 0 atom stereocenters. The number of aromatic amines is 1. The number of H-pyrrole nitrogens is 1. The van der Waals surface area contributed by atoms with Gasteiger partial charge < -0.3 is 0 Å². The highest BCUT2D eigenvalue weighted by molar-refractivity contribution is 5.80. The Kier molecular flexibility index (Phi) is 6.44. The summed E-state index contributed by atoms with van der Waals surface area (Å²) in [5, 5.41) is 14.4. The van der Waals surface area contributed by atoms with Crippen LogP contribution < -0.4 is 5.69 Å². The molecule has 164 valence electrons. The van der Waals surface area contributed by atoms with Crippen LogP contribution >= 0.6 is 0 Å². The highest BCUT2D eigenvalue weighted by Gasteiger charge is 2.13. The number of allylic oxidation sites excluding steroid dienone is 1. The molecule has 7 heteroatoms. The number of nitrogens with zero attached hydrogens (tertiary/aromatic N) is 5. The molecule has 2 aromatic carbocycles. The number of aromatic nitrogens is 6. The lowest BCUT2D eigenvalue weighted by Crippen LogP contribution is -2.26. The van der Waals surface area contributed by atoms with Gasteiger partial charge in [-0.05, 0) is 40.3 Å². The summed E-state index contributed by atoms with van der Waals surface area (Å²) in [6.45, 7) is 7.58. The minimum atomic E-state index is 0.0287. The van der Waals surface area contributed by atoms with E-state index in [0.29, 0.717) is 24.8 Å². The van der Waals surface area contributed by atoms with Crippen LogP contribution in [0.2, 0.25) is 0 Å². The molecule has 2 aromatic heterocycles. The Balaban J connectivity index is 1.64. The molecule has 2 heterocycles. The molecule has 0 saturated heterocycles. The van der Waals surface area contributed by atoms with E-state index in [-0.39, 0.29) is 5.69 Å². The van der Waals surface area contributed by atoms with Gasteiger partial charge in [-0.2, -0.15) is 5.21 Å². The van der Waals surface area contributed by atoms with Crippen LogP contribution in [0.3, 0.4) is 0 Å². The van der Waals surface area contributed by atoms with E-state index in [2.05, 4.69) is 71.7 Å². The Hall–Kier alpha value is -3.74. The maximum atomic E-state index is 13.0. The molecule has 0 bridgehead atoms. The molecule has 0 aliphatic heterocycles. The van der Waals surface area contributed by atoms with Crippen LogP contribution in [0.5, 0.6) is 0 Å². The largest absolute Gasteiger partial charge is 0.328 e. The van der Waals surface area contributed by atoms with E-state index in [1.54, 1.807) is 0 Å². The molecule has 0 unspecified atom stereocenters. The molecule has 0 aliphatic rings. The molecular formula is C25H28N6O. The van der Waals surface area contributed by atoms with Gasteiger partial charge in [0, 0.05) is 18.3 Å². The van der Waals surface area contributed by atoms with Crippen LogP contribution in [-0.2, 0) is 13.1 Å². The van der Waals surface area contributed by atoms with Crippen molar-refractivity contribution >= 4 is 6.08 Å². The molecule has 0 spiro atoms. The van der Waals surface area contributed by atoms with Gasteiger partial charge in [-0.3, -0.25) is 9.13 Å². The second-order valence-electron chi connectivity index (χ2n) is 8.26. The average molecular weight is 429 g/mol. The zero-order chi connectivity index (χ0) is 22.5. The summed E-state index contributed by atoms with van der Waals surface area (Å²) >= 11 is 0. The zero-order valence-corrected chi connectivity index (χ0v) is 18.7. The average Bonchev–Trinajstić information content (AvgIpc) is 3.43. The predicted molar refractivity (Wildman–Crippen MR) is 127 cm³/mol. The summed E-state index contributed by atoms with van der Waals surface area (Å²) < 4.78 is 3.66. The van der Waals surface area contributed by atoms with Crippen LogP contribution in [0.15, 0.2) is 65.6 Å². The van der Waals surface area contributed by atoms with Gasteiger partial charge in [-0.25, -0.2) is 4.79 Å². The van der Waals surface area contributed by atoms with Crippen LogP contribution in [-0.4, -0.2) is 29.8 Å². The summed E-state index contributed by atoms with van der Waals surface area (Å²) in [6.07, 6.45) is 7.01. The Morgan fingerprint density at radius 3 is 2.47 bits per heavy atom. The summed E-state index contributed by atoms with van der Waals surface area (Å²) in [7, 11) is 0. The molecule has 32 heavy (non-hydrogen) atoms. The Morgan fingerprint density at radius 1 is 1.06 bits per heavy atom. The highest BCUT2D eigenvalue weighted by Crippen LogP contribution is 2.29. The third-order valence-corrected chi connectivity index (χ3v) is 5.28. The monoisotopic (exact) mass is 428 g/mol. The van der Waals surface area contributed by atoms with Gasteiger partial charge in [0.05, 0.1) is 12.2 Å². The minimum Gasteiger partial charge on any atom is -0.298 e. The second kappa shape index (κ2) is 9.60. The van der Waals surface area contributed by atoms with E-state index in [9.17, 15) is 4.79 Å². The van der Waals surface area contributed by atoms with Gasteiger partial charge in [0.1, 0.15) is 0 Å². The molecule has 0 amide bonds. The first-order valence-corrected chi connectivity index (χ1v) is 11.0. The van der Waals surface area contributed by atoms with Crippen LogP contribution in [0.25, 0.3) is 28.6 Å². The van der Waals surface area contributed by atoms with Crippen molar-refractivity contribution in [3.8, 4) is 22.5 Å². The lowest BCUT2D eigenvalue weighted by Gasteiger charge is -2.09. The fraction of sp³-hybridized carbons (Fsp3) is 0.280. The first kappa shape index (κ1) is 21.5. The van der Waals surface area contributed by atoms with Crippen molar-refractivity contribution in [1.82, 2.24) is 29.8 Å². The van der Waals surface area contributed by atoms with Crippen molar-refractivity contribution in [3.05, 3.63) is 82.5 Å². The van der Waals surface area contributed by atoms with Gasteiger partial charge in [0.2, 0.25) is 5.82 Å². The number of rotatable bonds is 8. The number of imidazole rings is 1. The molecule has 0 radical (unpaired) electrons.